The van der Waals surface area contributed by atoms with Crippen LogP contribution >= 0.6 is 11.3 Å². The molecule has 2 aromatic heterocycles. The lowest BCUT2D eigenvalue weighted by Crippen LogP contribution is -2.37. The normalized spacial score (nSPS) is 15.3. The highest BCUT2D eigenvalue weighted by Gasteiger charge is 2.34. The van der Waals surface area contributed by atoms with Crippen LogP contribution in [0.15, 0.2) is 24.7 Å². The Bertz CT molecular complexity index is 684. The zero-order valence-corrected chi connectivity index (χ0v) is 12.4. The average Bonchev–Trinajstić information content (AvgIpc) is 3.23. The van der Waals surface area contributed by atoms with E-state index in [1.807, 2.05) is 0 Å². The monoisotopic (exact) mass is 318 g/mol. The number of carboxylic acids is 1. The standard InChI is InChI=1S/C14H14N4O3S/c19-11(20)6-9(8-2-3-8)18-13(21)10-7-17-14(22-10)12-15-4-1-5-16-12/h1,4-5,7-9H,2-3,6H2,(H,18,21)(H,19,20)/t9-/m1/s1. The summed E-state index contributed by atoms with van der Waals surface area (Å²) in [5.41, 5.74) is 0. The van der Waals surface area contributed by atoms with Crippen molar-refractivity contribution in [3.63, 3.8) is 0 Å². The lowest BCUT2D eigenvalue weighted by molar-refractivity contribution is -0.137. The summed E-state index contributed by atoms with van der Waals surface area (Å²) in [6.45, 7) is 0. The van der Waals surface area contributed by atoms with E-state index in [1.54, 1.807) is 18.5 Å². The summed E-state index contributed by atoms with van der Waals surface area (Å²) in [5, 5.41) is 12.3. The zero-order chi connectivity index (χ0) is 15.5. The molecule has 2 N–H and O–H groups in total. The van der Waals surface area contributed by atoms with E-state index in [0.717, 1.165) is 12.8 Å². The molecule has 1 fully saturated rings. The Morgan fingerprint density at radius 2 is 2.05 bits per heavy atom. The van der Waals surface area contributed by atoms with E-state index in [2.05, 4.69) is 20.3 Å². The molecule has 2 heterocycles. The third kappa shape index (κ3) is 3.45. The van der Waals surface area contributed by atoms with E-state index < -0.39 is 5.97 Å². The molecule has 114 valence electrons. The van der Waals surface area contributed by atoms with E-state index in [4.69, 9.17) is 5.11 Å². The predicted octanol–water partition coefficient (Wildman–Crippen LogP) is 1.58. The van der Waals surface area contributed by atoms with Gasteiger partial charge >= 0.3 is 5.97 Å². The SMILES string of the molecule is O=C(O)C[C@@H](NC(=O)c1cnc(-c2ncccn2)s1)C1CC1. The average molecular weight is 318 g/mol. The fourth-order valence-corrected chi connectivity index (χ4v) is 2.92. The minimum atomic E-state index is -0.903. The fourth-order valence-electron chi connectivity index (χ4n) is 2.15. The maximum absolute atomic E-state index is 12.2. The number of carbonyl (C=O) groups excluding carboxylic acids is 1. The Kier molecular flexibility index (Phi) is 4.10. The van der Waals surface area contributed by atoms with Gasteiger partial charge in [0.15, 0.2) is 10.8 Å². The summed E-state index contributed by atoms with van der Waals surface area (Å²) in [5.74, 6) is -0.460. The molecule has 22 heavy (non-hydrogen) atoms. The maximum atomic E-state index is 12.2. The summed E-state index contributed by atoms with van der Waals surface area (Å²) >= 11 is 1.19. The molecule has 0 unspecified atom stereocenters. The van der Waals surface area contributed by atoms with Gasteiger partial charge in [-0.2, -0.15) is 0 Å². The summed E-state index contributed by atoms with van der Waals surface area (Å²) in [4.78, 5) is 35.9. The molecule has 1 amide bonds. The first kappa shape index (κ1) is 14.6. The summed E-state index contributed by atoms with van der Waals surface area (Å²) < 4.78 is 0. The Balaban J connectivity index is 1.70. The molecule has 8 heteroatoms. The van der Waals surface area contributed by atoms with Gasteiger partial charge in [0.1, 0.15) is 4.88 Å². The molecule has 3 rings (SSSR count). The van der Waals surface area contributed by atoms with E-state index in [1.165, 1.54) is 17.5 Å². The van der Waals surface area contributed by atoms with Gasteiger partial charge in [-0.05, 0) is 24.8 Å². The molecule has 0 radical (unpaired) electrons. The third-order valence-electron chi connectivity index (χ3n) is 3.39. The highest BCUT2D eigenvalue weighted by Crippen LogP contribution is 2.34. The molecule has 1 saturated carbocycles. The van der Waals surface area contributed by atoms with Crippen LogP contribution in [0.2, 0.25) is 0 Å². The number of hydrogen-bond acceptors (Lipinski definition) is 6. The smallest absolute Gasteiger partial charge is 0.305 e. The minimum Gasteiger partial charge on any atom is -0.481 e. The lowest BCUT2D eigenvalue weighted by atomic mass is 10.1. The number of aliphatic carboxylic acids is 1. The van der Waals surface area contributed by atoms with Gasteiger partial charge in [-0.25, -0.2) is 15.0 Å². The number of nitrogens with zero attached hydrogens (tertiary/aromatic N) is 3. The van der Waals surface area contributed by atoms with Gasteiger partial charge < -0.3 is 10.4 Å². The molecule has 0 spiro atoms. The van der Waals surface area contributed by atoms with Crippen molar-refractivity contribution in [1.29, 1.82) is 0 Å². The van der Waals surface area contributed by atoms with Crippen molar-refractivity contribution in [3.8, 4) is 10.8 Å². The van der Waals surface area contributed by atoms with E-state index >= 15 is 0 Å². The van der Waals surface area contributed by atoms with Crippen molar-refractivity contribution >= 4 is 23.2 Å². The van der Waals surface area contributed by atoms with Crippen LogP contribution in [0.5, 0.6) is 0 Å². The maximum Gasteiger partial charge on any atom is 0.305 e. The summed E-state index contributed by atoms with van der Waals surface area (Å²) in [6.07, 6.45) is 6.56. The molecule has 0 saturated heterocycles. The van der Waals surface area contributed by atoms with Crippen molar-refractivity contribution < 1.29 is 14.7 Å². The first-order chi connectivity index (χ1) is 10.6. The third-order valence-corrected chi connectivity index (χ3v) is 4.38. The first-order valence-corrected chi connectivity index (χ1v) is 7.71. The Morgan fingerprint density at radius 3 is 2.68 bits per heavy atom. The van der Waals surface area contributed by atoms with Crippen LogP contribution in [0, 0.1) is 5.92 Å². The number of rotatable bonds is 6. The molecular weight excluding hydrogens is 304 g/mol. The number of carbonyl (C=O) groups is 2. The lowest BCUT2D eigenvalue weighted by Gasteiger charge is -2.15. The van der Waals surface area contributed by atoms with Gasteiger partial charge in [0.2, 0.25) is 0 Å². The van der Waals surface area contributed by atoms with Crippen LogP contribution in [-0.4, -0.2) is 38.0 Å². The molecule has 0 bridgehead atoms. The fraction of sp³-hybridized carbons (Fsp3) is 0.357. The Morgan fingerprint density at radius 1 is 1.32 bits per heavy atom. The second-order valence-corrected chi connectivity index (χ2v) is 6.15. The zero-order valence-electron chi connectivity index (χ0n) is 11.6. The topological polar surface area (TPSA) is 105 Å². The Labute approximate surface area is 130 Å². The van der Waals surface area contributed by atoms with Crippen molar-refractivity contribution in [3.05, 3.63) is 29.5 Å². The van der Waals surface area contributed by atoms with Crippen molar-refractivity contribution in [1.82, 2.24) is 20.3 Å². The highest BCUT2D eigenvalue weighted by molar-refractivity contribution is 7.16. The van der Waals surface area contributed by atoms with Crippen LogP contribution in [0.25, 0.3) is 10.8 Å². The number of aromatic nitrogens is 3. The first-order valence-electron chi connectivity index (χ1n) is 6.89. The Hall–Kier alpha value is -2.35. The van der Waals surface area contributed by atoms with Crippen LogP contribution < -0.4 is 5.32 Å². The number of thiazole rings is 1. The van der Waals surface area contributed by atoms with Crippen molar-refractivity contribution in [2.45, 2.75) is 25.3 Å². The minimum absolute atomic E-state index is 0.0517. The number of hydrogen-bond donors (Lipinski definition) is 2. The predicted molar refractivity (Wildman–Crippen MR) is 79.4 cm³/mol. The number of carboxylic acid groups (broad SMARTS) is 1. The van der Waals surface area contributed by atoms with Crippen molar-refractivity contribution in [2.24, 2.45) is 5.92 Å². The summed E-state index contributed by atoms with van der Waals surface area (Å²) in [6, 6.07) is 1.39. The largest absolute Gasteiger partial charge is 0.481 e. The van der Waals surface area contributed by atoms with Crippen LogP contribution in [0.3, 0.4) is 0 Å². The van der Waals surface area contributed by atoms with E-state index in [0.29, 0.717) is 15.7 Å². The van der Waals surface area contributed by atoms with Gasteiger partial charge in [0.05, 0.1) is 12.6 Å². The molecule has 0 aromatic carbocycles. The molecule has 2 aromatic rings. The highest BCUT2D eigenvalue weighted by atomic mass is 32.1. The summed E-state index contributed by atoms with van der Waals surface area (Å²) in [7, 11) is 0. The number of nitrogens with one attached hydrogen (secondary N) is 1. The molecule has 1 aliphatic rings. The van der Waals surface area contributed by atoms with Gasteiger partial charge in [0.25, 0.3) is 5.91 Å². The van der Waals surface area contributed by atoms with Crippen LogP contribution in [0.1, 0.15) is 28.9 Å². The molecule has 0 aliphatic heterocycles. The van der Waals surface area contributed by atoms with E-state index in [-0.39, 0.29) is 24.3 Å². The van der Waals surface area contributed by atoms with Crippen molar-refractivity contribution in [2.75, 3.05) is 0 Å². The molecule has 1 aliphatic carbocycles. The van der Waals surface area contributed by atoms with Gasteiger partial charge in [-0.1, -0.05) is 0 Å². The van der Waals surface area contributed by atoms with Gasteiger partial charge in [-0.3, -0.25) is 9.59 Å². The second kappa shape index (κ2) is 6.18. The van der Waals surface area contributed by atoms with Crippen LogP contribution in [-0.2, 0) is 4.79 Å². The van der Waals surface area contributed by atoms with Gasteiger partial charge in [-0.15, -0.1) is 11.3 Å². The van der Waals surface area contributed by atoms with E-state index in [9.17, 15) is 9.59 Å². The molecular formula is C14H14N4O3S. The van der Waals surface area contributed by atoms with Gasteiger partial charge in [0, 0.05) is 18.4 Å². The second-order valence-electron chi connectivity index (χ2n) is 5.12. The quantitative estimate of drug-likeness (QED) is 0.838. The van der Waals surface area contributed by atoms with Crippen LogP contribution in [0.4, 0.5) is 0 Å². The number of amides is 1. The molecule has 7 nitrogen and oxygen atoms in total. The molecule has 1 atom stereocenters.